The molecule has 112 valence electrons. The number of rotatable bonds is 4. The molecule has 0 bridgehead atoms. The summed E-state index contributed by atoms with van der Waals surface area (Å²) in [6.07, 6.45) is -2.40. The Bertz CT molecular complexity index is 474. The maximum atomic E-state index is 13.1. The van der Waals surface area contributed by atoms with Gasteiger partial charge in [0, 0.05) is 31.8 Å². The van der Waals surface area contributed by atoms with E-state index in [0.717, 1.165) is 12.2 Å². The standard InChI is InChI=1S/C14H19F3N2O/c1-19-6-5-12-10(9-19)8-11(14(15,16)17)13(18-12)4-2-3-7-20/h8,20H,2-7,9H2,1H3. The SMILES string of the molecule is CN1CCc2nc(CCCCO)c(C(F)(F)F)cc2C1. The van der Waals surface area contributed by atoms with E-state index in [1.807, 2.05) is 11.9 Å². The van der Waals surface area contributed by atoms with Crippen molar-refractivity contribution in [2.24, 2.45) is 0 Å². The minimum absolute atomic E-state index is 0.00289. The van der Waals surface area contributed by atoms with E-state index in [1.165, 1.54) is 6.07 Å². The Morgan fingerprint density at radius 1 is 1.35 bits per heavy atom. The van der Waals surface area contributed by atoms with Crippen LogP contribution in [0, 0.1) is 0 Å². The molecule has 1 aliphatic heterocycles. The number of hydrogen-bond acceptors (Lipinski definition) is 3. The van der Waals surface area contributed by atoms with Gasteiger partial charge in [0.25, 0.3) is 0 Å². The van der Waals surface area contributed by atoms with Crippen molar-refractivity contribution in [2.45, 2.75) is 38.4 Å². The zero-order valence-electron chi connectivity index (χ0n) is 11.5. The van der Waals surface area contributed by atoms with Crippen molar-refractivity contribution >= 4 is 0 Å². The minimum atomic E-state index is -4.37. The highest BCUT2D eigenvalue weighted by Crippen LogP contribution is 2.34. The Morgan fingerprint density at radius 3 is 2.75 bits per heavy atom. The summed E-state index contributed by atoms with van der Waals surface area (Å²) in [5.41, 5.74) is 0.964. The van der Waals surface area contributed by atoms with E-state index in [-0.39, 0.29) is 18.7 Å². The van der Waals surface area contributed by atoms with Crippen molar-refractivity contribution in [1.82, 2.24) is 9.88 Å². The Morgan fingerprint density at radius 2 is 2.10 bits per heavy atom. The second-order valence-electron chi connectivity index (χ2n) is 5.25. The van der Waals surface area contributed by atoms with Gasteiger partial charge in [-0.1, -0.05) is 0 Å². The second kappa shape index (κ2) is 6.10. The highest BCUT2D eigenvalue weighted by molar-refractivity contribution is 5.34. The number of alkyl halides is 3. The molecule has 1 aliphatic rings. The monoisotopic (exact) mass is 288 g/mol. The summed E-state index contributed by atoms with van der Waals surface area (Å²) in [5, 5.41) is 8.75. The summed E-state index contributed by atoms with van der Waals surface area (Å²) >= 11 is 0. The fraction of sp³-hybridized carbons (Fsp3) is 0.643. The van der Waals surface area contributed by atoms with E-state index in [2.05, 4.69) is 4.98 Å². The molecule has 0 atom stereocenters. The van der Waals surface area contributed by atoms with Crippen molar-refractivity contribution < 1.29 is 18.3 Å². The lowest BCUT2D eigenvalue weighted by molar-refractivity contribution is -0.138. The summed E-state index contributed by atoms with van der Waals surface area (Å²) in [7, 11) is 1.89. The van der Waals surface area contributed by atoms with Crippen LogP contribution in [0.2, 0.25) is 0 Å². The molecule has 0 radical (unpaired) electrons. The minimum Gasteiger partial charge on any atom is -0.396 e. The number of halogens is 3. The smallest absolute Gasteiger partial charge is 0.396 e. The van der Waals surface area contributed by atoms with Gasteiger partial charge in [-0.3, -0.25) is 4.98 Å². The zero-order chi connectivity index (χ0) is 14.8. The van der Waals surface area contributed by atoms with Gasteiger partial charge in [0.2, 0.25) is 0 Å². The van der Waals surface area contributed by atoms with Crippen LogP contribution in [0.1, 0.15) is 35.4 Å². The first kappa shape index (κ1) is 15.3. The van der Waals surface area contributed by atoms with E-state index in [9.17, 15) is 13.2 Å². The number of aliphatic hydroxyl groups excluding tert-OH is 1. The maximum Gasteiger partial charge on any atom is 0.418 e. The Labute approximate surface area is 116 Å². The van der Waals surface area contributed by atoms with Gasteiger partial charge >= 0.3 is 6.18 Å². The number of nitrogens with zero attached hydrogens (tertiary/aromatic N) is 2. The van der Waals surface area contributed by atoms with Crippen molar-refractivity contribution in [3.8, 4) is 0 Å². The molecule has 20 heavy (non-hydrogen) atoms. The van der Waals surface area contributed by atoms with Crippen LogP contribution in [0.3, 0.4) is 0 Å². The van der Waals surface area contributed by atoms with E-state index < -0.39 is 11.7 Å². The van der Waals surface area contributed by atoms with Gasteiger partial charge in [0.1, 0.15) is 0 Å². The molecule has 0 saturated heterocycles. The van der Waals surface area contributed by atoms with E-state index in [4.69, 9.17) is 5.11 Å². The molecule has 1 aromatic heterocycles. The first-order chi connectivity index (χ1) is 9.41. The Kier molecular flexibility index (Phi) is 4.65. The average molecular weight is 288 g/mol. The fourth-order valence-electron chi connectivity index (χ4n) is 2.50. The molecule has 0 aromatic carbocycles. The molecule has 0 unspecified atom stereocenters. The van der Waals surface area contributed by atoms with Crippen molar-refractivity contribution in [2.75, 3.05) is 20.2 Å². The zero-order valence-corrected chi connectivity index (χ0v) is 11.5. The number of fused-ring (bicyclic) bond motifs is 1. The van der Waals surface area contributed by atoms with Crippen molar-refractivity contribution in [1.29, 1.82) is 0 Å². The van der Waals surface area contributed by atoms with Gasteiger partial charge in [-0.2, -0.15) is 13.2 Å². The highest BCUT2D eigenvalue weighted by Gasteiger charge is 2.35. The average Bonchev–Trinajstić information content (AvgIpc) is 2.37. The van der Waals surface area contributed by atoms with Gasteiger partial charge in [-0.05, 0) is 37.9 Å². The third kappa shape index (κ3) is 3.49. The number of pyridine rings is 1. The molecule has 2 rings (SSSR count). The van der Waals surface area contributed by atoms with E-state index in [0.29, 0.717) is 31.4 Å². The van der Waals surface area contributed by atoms with Crippen LogP contribution in [-0.2, 0) is 25.6 Å². The number of aromatic nitrogens is 1. The molecule has 2 heterocycles. The molecule has 1 N–H and O–H groups in total. The van der Waals surface area contributed by atoms with Crippen LogP contribution >= 0.6 is 0 Å². The molecule has 6 heteroatoms. The highest BCUT2D eigenvalue weighted by atomic mass is 19.4. The summed E-state index contributed by atoms with van der Waals surface area (Å²) in [5.74, 6) is 0. The summed E-state index contributed by atoms with van der Waals surface area (Å²) in [6, 6.07) is 1.26. The van der Waals surface area contributed by atoms with Crippen molar-refractivity contribution in [3.63, 3.8) is 0 Å². The predicted molar refractivity (Wildman–Crippen MR) is 69.3 cm³/mol. The molecule has 1 aromatic rings. The van der Waals surface area contributed by atoms with Gasteiger partial charge in [-0.15, -0.1) is 0 Å². The van der Waals surface area contributed by atoms with Gasteiger partial charge in [0.15, 0.2) is 0 Å². The normalized spacial score (nSPS) is 16.2. The molecule has 0 saturated carbocycles. The van der Waals surface area contributed by atoms with Crippen molar-refractivity contribution in [3.05, 3.63) is 28.6 Å². The molecule has 0 fully saturated rings. The van der Waals surface area contributed by atoms with Gasteiger partial charge in [0.05, 0.1) is 11.3 Å². The molecular weight excluding hydrogens is 269 g/mol. The lowest BCUT2D eigenvalue weighted by atomic mass is 9.99. The number of likely N-dealkylation sites (N-methyl/N-ethyl adjacent to an activating group) is 1. The molecule has 0 aliphatic carbocycles. The number of aliphatic hydroxyl groups is 1. The van der Waals surface area contributed by atoms with E-state index >= 15 is 0 Å². The lowest BCUT2D eigenvalue weighted by Gasteiger charge is -2.26. The van der Waals surface area contributed by atoms with Gasteiger partial charge < -0.3 is 10.0 Å². The fourth-order valence-corrected chi connectivity index (χ4v) is 2.50. The molecule has 0 amide bonds. The van der Waals surface area contributed by atoms with Gasteiger partial charge in [-0.25, -0.2) is 0 Å². The first-order valence-corrected chi connectivity index (χ1v) is 6.80. The largest absolute Gasteiger partial charge is 0.418 e. The number of hydrogen-bond donors (Lipinski definition) is 1. The van der Waals surface area contributed by atoms with Crippen LogP contribution in [0.15, 0.2) is 6.07 Å². The third-order valence-electron chi connectivity index (χ3n) is 3.57. The quantitative estimate of drug-likeness (QED) is 0.864. The topological polar surface area (TPSA) is 36.4 Å². The third-order valence-corrected chi connectivity index (χ3v) is 3.57. The lowest BCUT2D eigenvalue weighted by Crippen LogP contribution is -2.28. The van der Waals surface area contributed by atoms with Crippen LogP contribution in [-0.4, -0.2) is 35.2 Å². The summed E-state index contributed by atoms with van der Waals surface area (Å²) in [6.45, 7) is 1.33. The number of unbranched alkanes of at least 4 members (excludes halogenated alkanes) is 1. The summed E-state index contributed by atoms with van der Waals surface area (Å²) in [4.78, 5) is 6.25. The maximum absolute atomic E-state index is 13.1. The second-order valence-corrected chi connectivity index (χ2v) is 5.25. The van der Waals surface area contributed by atoms with Crippen LogP contribution < -0.4 is 0 Å². The van der Waals surface area contributed by atoms with Crippen LogP contribution in [0.4, 0.5) is 13.2 Å². The summed E-state index contributed by atoms with van der Waals surface area (Å²) < 4.78 is 39.4. The molecule has 0 spiro atoms. The number of aryl methyl sites for hydroxylation is 1. The van der Waals surface area contributed by atoms with Crippen LogP contribution in [0.25, 0.3) is 0 Å². The Balaban J connectivity index is 2.33. The van der Waals surface area contributed by atoms with E-state index in [1.54, 1.807) is 0 Å². The Hall–Kier alpha value is -1.14. The molecule has 3 nitrogen and oxygen atoms in total. The first-order valence-electron chi connectivity index (χ1n) is 6.80. The predicted octanol–water partition coefficient (Wildman–Crippen LogP) is 2.40. The molecular formula is C14H19F3N2O. The van der Waals surface area contributed by atoms with Crippen LogP contribution in [0.5, 0.6) is 0 Å².